The highest BCUT2D eigenvalue weighted by Gasteiger charge is 2.42. The smallest absolute Gasteiger partial charge is 0.242 e. The summed E-state index contributed by atoms with van der Waals surface area (Å²) in [7, 11) is 0. The molecule has 3 rings (SSSR count). The molecule has 1 aliphatic heterocycles. The van der Waals surface area contributed by atoms with Gasteiger partial charge in [0, 0.05) is 43.7 Å². The van der Waals surface area contributed by atoms with E-state index < -0.39 is 0 Å². The molecule has 8 nitrogen and oxygen atoms in total. The van der Waals surface area contributed by atoms with Crippen molar-refractivity contribution in [1.82, 2.24) is 9.80 Å². The lowest BCUT2D eigenvalue weighted by Gasteiger charge is -2.38. The quantitative estimate of drug-likeness (QED) is 0.407. The van der Waals surface area contributed by atoms with Gasteiger partial charge in [-0.2, -0.15) is 0 Å². The molecule has 3 N–H and O–H groups in total. The summed E-state index contributed by atoms with van der Waals surface area (Å²) in [6, 6.07) is 0.160. The Kier molecular flexibility index (Phi) is 7.09. The second-order valence-corrected chi connectivity index (χ2v) is 9.27. The molecule has 0 bridgehead atoms. The van der Waals surface area contributed by atoms with Crippen LogP contribution in [0.4, 0.5) is 0 Å². The van der Waals surface area contributed by atoms with Crippen molar-refractivity contribution in [2.75, 3.05) is 26.2 Å². The lowest BCUT2D eigenvalue weighted by molar-refractivity contribution is -0.136. The van der Waals surface area contributed by atoms with Crippen molar-refractivity contribution in [2.45, 2.75) is 71.1 Å². The molecule has 0 aromatic heterocycles. The summed E-state index contributed by atoms with van der Waals surface area (Å²) in [6.45, 7) is 9.94. The zero-order valence-electron chi connectivity index (χ0n) is 19.2. The SMILES string of the molecule is CCN=C(CC(=N)N1CCN(C(C)C)C(=O)C1)C(=N)C1CC(OC2(C)CC2)C=CC1=N. The molecular weight excluding hydrogens is 392 g/mol. The van der Waals surface area contributed by atoms with Gasteiger partial charge in [-0.15, -0.1) is 0 Å². The number of nitrogens with one attached hydrogen (secondary N) is 3. The van der Waals surface area contributed by atoms with Gasteiger partial charge in [-0.25, -0.2) is 0 Å². The maximum atomic E-state index is 12.4. The van der Waals surface area contributed by atoms with Gasteiger partial charge < -0.3 is 25.4 Å². The van der Waals surface area contributed by atoms with Crippen molar-refractivity contribution in [3.63, 3.8) is 0 Å². The van der Waals surface area contributed by atoms with Crippen LogP contribution in [0, 0.1) is 22.1 Å². The fraction of sp³-hybridized carbons (Fsp3) is 0.696. The number of allylic oxidation sites excluding steroid dienone is 1. The molecule has 1 saturated carbocycles. The van der Waals surface area contributed by atoms with Crippen molar-refractivity contribution in [3.8, 4) is 0 Å². The minimum atomic E-state index is -0.380. The number of nitrogens with zero attached hydrogens (tertiary/aromatic N) is 3. The van der Waals surface area contributed by atoms with Crippen LogP contribution in [0.25, 0.3) is 0 Å². The molecule has 3 aliphatic rings. The highest BCUT2D eigenvalue weighted by Crippen LogP contribution is 2.41. The first-order valence-electron chi connectivity index (χ1n) is 11.3. The van der Waals surface area contributed by atoms with Crippen molar-refractivity contribution in [2.24, 2.45) is 10.9 Å². The Bertz CT molecular complexity index is 811. The van der Waals surface area contributed by atoms with Gasteiger partial charge in [-0.3, -0.25) is 15.2 Å². The monoisotopic (exact) mass is 428 g/mol. The van der Waals surface area contributed by atoms with Gasteiger partial charge >= 0.3 is 0 Å². The summed E-state index contributed by atoms with van der Waals surface area (Å²) in [5, 5.41) is 25.7. The highest BCUT2D eigenvalue weighted by molar-refractivity contribution is 6.48. The van der Waals surface area contributed by atoms with Crippen LogP contribution in [0.2, 0.25) is 0 Å². The third-order valence-electron chi connectivity index (χ3n) is 6.33. The van der Waals surface area contributed by atoms with Crippen molar-refractivity contribution in [1.29, 1.82) is 16.2 Å². The molecule has 0 spiro atoms. The molecule has 0 aromatic rings. The van der Waals surface area contributed by atoms with E-state index >= 15 is 0 Å². The van der Waals surface area contributed by atoms with Gasteiger partial charge in [-0.1, -0.05) is 6.08 Å². The highest BCUT2D eigenvalue weighted by atomic mass is 16.5. The molecule has 2 unspecified atom stereocenters. The van der Waals surface area contributed by atoms with Crippen LogP contribution in [0.15, 0.2) is 17.1 Å². The van der Waals surface area contributed by atoms with Crippen molar-refractivity contribution < 1.29 is 9.53 Å². The first kappa shape index (κ1) is 23.3. The number of amides is 1. The molecule has 1 amide bonds. The molecule has 2 atom stereocenters. The maximum Gasteiger partial charge on any atom is 0.242 e. The van der Waals surface area contributed by atoms with Crippen LogP contribution in [0.3, 0.4) is 0 Å². The third kappa shape index (κ3) is 5.67. The summed E-state index contributed by atoms with van der Waals surface area (Å²) in [5.74, 6) is -0.0393. The normalized spacial score (nSPS) is 25.9. The van der Waals surface area contributed by atoms with Crippen LogP contribution in [0.5, 0.6) is 0 Å². The minimum Gasteiger partial charge on any atom is -0.368 e. The van der Waals surface area contributed by atoms with Gasteiger partial charge in [0.25, 0.3) is 0 Å². The molecule has 0 aromatic carbocycles. The molecule has 170 valence electrons. The zero-order valence-corrected chi connectivity index (χ0v) is 19.2. The topological polar surface area (TPSA) is 117 Å². The third-order valence-corrected chi connectivity index (χ3v) is 6.33. The molecule has 1 saturated heterocycles. The molecule has 1 heterocycles. The van der Waals surface area contributed by atoms with Crippen LogP contribution in [-0.2, 0) is 9.53 Å². The molecule has 31 heavy (non-hydrogen) atoms. The summed E-state index contributed by atoms with van der Waals surface area (Å²) < 4.78 is 6.16. The van der Waals surface area contributed by atoms with E-state index in [0.29, 0.717) is 49.0 Å². The number of aliphatic imine (C=N–C) groups is 1. The number of amidine groups is 1. The summed E-state index contributed by atoms with van der Waals surface area (Å²) in [4.78, 5) is 20.5. The average Bonchev–Trinajstić information content (AvgIpc) is 3.44. The van der Waals surface area contributed by atoms with E-state index in [1.54, 1.807) is 11.0 Å². The fourth-order valence-corrected chi connectivity index (χ4v) is 4.15. The Balaban J connectivity index is 1.64. The second-order valence-electron chi connectivity index (χ2n) is 9.27. The second kappa shape index (κ2) is 9.42. The number of hydrogen-bond acceptors (Lipinski definition) is 6. The molecule has 2 aliphatic carbocycles. The number of hydrogen-bond donors (Lipinski definition) is 3. The van der Waals surface area contributed by atoms with E-state index in [4.69, 9.17) is 21.0 Å². The van der Waals surface area contributed by atoms with Crippen molar-refractivity contribution >= 4 is 28.9 Å². The molecule has 8 heteroatoms. The Morgan fingerprint density at radius 1 is 1.32 bits per heavy atom. The Morgan fingerprint density at radius 2 is 2.03 bits per heavy atom. The van der Waals surface area contributed by atoms with Crippen molar-refractivity contribution in [3.05, 3.63) is 12.2 Å². The Hall–Kier alpha value is -2.35. The zero-order chi connectivity index (χ0) is 22.8. The van der Waals surface area contributed by atoms with Gasteiger partial charge in [0.2, 0.25) is 5.91 Å². The van der Waals surface area contributed by atoms with E-state index in [1.807, 2.05) is 31.7 Å². The van der Waals surface area contributed by atoms with Crippen LogP contribution in [-0.4, -0.2) is 82.6 Å². The molecule has 0 radical (unpaired) electrons. The van der Waals surface area contributed by atoms with E-state index in [0.717, 1.165) is 12.8 Å². The van der Waals surface area contributed by atoms with Crippen LogP contribution < -0.4 is 0 Å². The summed E-state index contributed by atoms with van der Waals surface area (Å²) in [5.41, 5.74) is 1.16. The summed E-state index contributed by atoms with van der Waals surface area (Å²) >= 11 is 0. The number of rotatable bonds is 8. The first-order chi connectivity index (χ1) is 14.6. The number of carbonyl (C=O) groups is 1. The van der Waals surface area contributed by atoms with Crippen LogP contribution in [0.1, 0.15) is 53.4 Å². The Morgan fingerprint density at radius 3 is 2.61 bits per heavy atom. The lowest BCUT2D eigenvalue weighted by atomic mass is 9.84. The van der Waals surface area contributed by atoms with E-state index in [2.05, 4.69) is 11.9 Å². The number of carbonyl (C=O) groups excluding carboxylic acids is 1. The summed E-state index contributed by atoms with van der Waals surface area (Å²) in [6.07, 6.45) is 6.45. The number of ether oxygens (including phenoxy) is 1. The van der Waals surface area contributed by atoms with E-state index in [1.165, 1.54) is 0 Å². The standard InChI is InChI=1S/C23H36N6O2/c1-5-27-19(13-20(25)28-10-11-29(15(2)3)21(30)14-28)22(26)17-12-16(6-7-18(17)24)31-23(4)8-9-23/h6-7,15-17,24-26H,5,8-14H2,1-4H3. The van der Waals surface area contributed by atoms with Crippen LogP contribution >= 0.6 is 0 Å². The van der Waals surface area contributed by atoms with Gasteiger partial charge in [0.05, 0.1) is 29.7 Å². The van der Waals surface area contributed by atoms with E-state index in [9.17, 15) is 4.79 Å². The predicted octanol–water partition coefficient (Wildman–Crippen LogP) is 2.92. The van der Waals surface area contributed by atoms with Gasteiger partial charge in [0.1, 0.15) is 5.84 Å². The first-order valence-corrected chi connectivity index (χ1v) is 11.3. The molecular formula is C23H36N6O2. The van der Waals surface area contributed by atoms with E-state index in [-0.39, 0.29) is 42.5 Å². The largest absolute Gasteiger partial charge is 0.368 e. The Labute approximate surface area is 185 Å². The maximum absolute atomic E-state index is 12.4. The predicted molar refractivity (Wildman–Crippen MR) is 124 cm³/mol. The average molecular weight is 429 g/mol. The fourth-order valence-electron chi connectivity index (χ4n) is 4.15. The van der Waals surface area contributed by atoms with Gasteiger partial charge in [0.15, 0.2) is 0 Å². The lowest BCUT2D eigenvalue weighted by Crippen LogP contribution is -2.54. The minimum absolute atomic E-state index is 0.0304. The number of piperazine rings is 1. The van der Waals surface area contributed by atoms with Gasteiger partial charge in [-0.05, 0) is 53.0 Å². The molecule has 2 fully saturated rings.